The largest absolute Gasteiger partial charge is 0.485 e. The second kappa shape index (κ2) is 4.94. The van der Waals surface area contributed by atoms with Crippen molar-refractivity contribution in [2.75, 3.05) is 23.8 Å². The van der Waals surface area contributed by atoms with Crippen LogP contribution in [-0.2, 0) is 11.2 Å². The van der Waals surface area contributed by atoms with Crippen molar-refractivity contribution in [3.63, 3.8) is 0 Å². The highest BCUT2D eigenvalue weighted by atomic mass is 16.6. The van der Waals surface area contributed by atoms with E-state index in [-0.39, 0.29) is 12.5 Å². The van der Waals surface area contributed by atoms with Crippen LogP contribution in [0.4, 0.5) is 11.4 Å². The number of carbonyl (C=O) groups is 1. The summed E-state index contributed by atoms with van der Waals surface area (Å²) in [6, 6.07) is 13.0. The number of hydrogen-bond donors (Lipinski definition) is 1. The van der Waals surface area contributed by atoms with Crippen LogP contribution in [0.5, 0.6) is 11.5 Å². The summed E-state index contributed by atoms with van der Waals surface area (Å²) < 4.78 is 11.4. The van der Waals surface area contributed by atoms with Crippen molar-refractivity contribution in [2.24, 2.45) is 0 Å². The Hall–Kier alpha value is -2.69. The normalized spacial score (nSPS) is 18.9. The average Bonchev–Trinajstić information content (AvgIpc) is 2.96. The Bertz CT molecular complexity index is 744. The van der Waals surface area contributed by atoms with Gasteiger partial charge in [0.05, 0.1) is 0 Å². The van der Waals surface area contributed by atoms with Crippen LogP contribution in [0.1, 0.15) is 5.56 Å². The first-order valence-corrected chi connectivity index (χ1v) is 7.30. The van der Waals surface area contributed by atoms with E-state index in [4.69, 9.17) is 15.2 Å². The fourth-order valence-corrected chi connectivity index (χ4v) is 2.97. The van der Waals surface area contributed by atoms with E-state index < -0.39 is 6.10 Å². The Balaban J connectivity index is 1.57. The Labute approximate surface area is 128 Å². The van der Waals surface area contributed by atoms with Crippen LogP contribution in [0.25, 0.3) is 0 Å². The molecule has 22 heavy (non-hydrogen) atoms. The predicted molar refractivity (Wildman–Crippen MR) is 83.3 cm³/mol. The number of fused-ring (bicyclic) bond motifs is 2. The number of amides is 1. The Morgan fingerprint density at radius 3 is 2.86 bits per heavy atom. The number of ether oxygens (including phenoxy) is 2. The van der Waals surface area contributed by atoms with Gasteiger partial charge in [-0.2, -0.15) is 0 Å². The summed E-state index contributed by atoms with van der Waals surface area (Å²) in [7, 11) is 0. The maximum atomic E-state index is 12.7. The topological polar surface area (TPSA) is 64.8 Å². The van der Waals surface area contributed by atoms with Gasteiger partial charge in [-0.05, 0) is 42.3 Å². The SMILES string of the molecule is Nc1ccc2c(c1)CCN2C(=O)C1COc2ccccc2O1. The molecule has 112 valence electrons. The monoisotopic (exact) mass is 296 g/mol. The minimum absolute atomic E-state index is 0.0713. The van der Waals surface area contributed by atoms with Gasteiger partial charge in [-0.1, -0.05) is 12.1 Å². The average molecular weight is 296 g/mol. The molecule has 0 fully saturated rings. The van der Waals surface area contributed by atoms with Crippen molar-refractivity contribution in [3.05, 3.63) is 48.0 Å². The molecule has 1 amide bonds. The number of rotatable bonds is 1. The second-order valence-electron chi connectivity index (χ2n) is 5.49. The summed E-state index contributed by atoms with van der Waals surface area (Å²) in [6.07, 6.45) is 0.203. The molecule has 0 aliphatic carbocycles. The van der Waals surface area contributed by atoms with Crippen LogP contribution in [0, 0.1) is 0 Å². The van der Waals surface area contributed by atoms with Crippen LogP contribution in [0.2, 0.25) is 0 Å². The maximum Gasteiger partial charge on any atom is 0.271 e. The van der Waals surface area contributed by atoms with Crippen molar-refractivity contribution in [2.45, 2.75) is 12.5 Å². The minimum Gasteiger partial charge on any atom is -0.485 e. The van der Waals surface area contributed by atoms with Crippen LogP contribution >= 0.6 is 0 Å². The summed E-state index contributed by atoms with van der Waals surface area (Å²) in [6.45, 7) is 0.885. The molecule has 2 N–H and O–H groups in total. The summed E-state index contributed by atoms with van der Waals surface area (Å²) in [5, 5.41) is 0. The molecule has 1 unspecified atom stereocenters. The van der Waals surface area contributed by atoms with Crippen molar-refractivity contribution < 1.29 is 14.3 Å². The van der Waals surface area contributed by atoms with Crippen molar-refractivity contribution in [1.29, 1.82) is 0 Å². The Morgan fingerprint density at radius 1 is 1.18 bits per heavy atom. The lowest BCUT2D eigenvalue weighted by Gasteiger charge is -2.29. The van der Waals surface area contributed by atoms with Gasteiger partial charge in [0.2, 0.25) is 6.10 Å². The van der Waals surface area contributed by atoms with Crippen molar-refractivity contribution >= 4 is 17.3 Å². The zero-order valence-corrected chi connectivity index (χ0v) is 12.0. The molecule has 5 heteroatoms. The number of carbonyl (C=O) groups excluding carboxylic acids is 1. The van der Waals surface area contributed by atoms with Crippen LogP contribution < -0.4 is 20.1 Å². The number of hydrogen-bond acceptors (Lipinski definition) is 4. The van der Waals surface area contributed by atoms with Gasteiger partial charge in [-0.25, -0.2) is 0 Å². The molecule has 4 rings (SSSR count). The molecule has 0 bridgehead atoms. The summed E-state index contributed by atoms with van der Waals surface area (Å²) in [5.41, 5.74) is 8.54. The number of anilines is 2. The van der Waals surface area contributed by atoms with Crippen molar-refractivity contribution in [1.82, 2.24) is 0 Å². The van der Waals surface area contributed by atoms with Gasteiger partial charge < -0.3 is 20.1 Å². The quantitative estimate of drug-likeness (QED) is 0.817. The summed E-state index contributed by atoms with van der Waals surface area (Å²) in [4.78, 5) is 14.5. The molecule has 2 aromatic carbocycles. The molecular formula is C17H16N2O3. The molecule has 2 aromatic rings. The molecule has 0 spiro atoms. The van der Waals surface area contributed by atoms with E-state index in [2.05, 4.69) is 0 Å². The lowest BCUT2D eigenvalue weighted by atomic mass is 10.1. The van der Waals surface area contributed by atoms with E-state index in [1.54, 1.807) is 4.90 Å². The number of nitrogen functional groups attached to an aromatic ring is 1. The summed E-state index contributed by atoms with van der Waals surface area (Å²) >= 11 is 0. The van der Waals surface area contributed by atoms with Crippen LogP contribution in [0.15, 0.2) is 42.5 Å². The summed E-state index contributed by atoms with van der Waals surface area (Å²) in [5.74, 6) is 1.22. The predicted octanol–water partition coefficient (Wildman–Crippen LogP) is 2.00. The molecule has 0 saturated carbocycles. The van der Waals surface area contributed by atoms with Gasteiger partial charge in [-0.15, -0.1) is 0 Å². The zero-order chi connectivity index (χ0) is 15.1. The van der Waals surface area contributed by atoms with E-state index in [9.17, 15) is 4.79 Å². The smallest absolute Gasteiger partial charge is 0.271 e. The van der Waals surface area contributed by atoms with Gasteiger partial charge in [0, 0.05) is 17.9 Å². The maximum absolute atomic E-state index is 12.7. The second-order valence-corrected chi connectivity index (χ2v) is 5.49. The van der Waals surface area contributed by atoms with Crippen LogP contribution in [-0.4, -0.2) is 25.2 Å². The first-order valence-electron chi connectivity index (χ1n) is 7.30. The Kier molecular flexibility index (Phi) is 2.92. The molecule has 2 aliphatic heterocycles. The van der Waals surface area contributed by atoms with Gasteiger partial charge in [-0.3, -0.25) is 4.79 Å². The van der Waals surface area contributed by atoms with E-state index in [0.29, 0.717) is 18.0 Å². The molecule has 2 heterocycles. The molecule has 0 aromatic heterocycles. The van der Waals surface area contributed by atoms with Crippen LogP contribution in [0.3, 0.4) is 0 Å². The minimum atomic E-state index is -0.613. The van der Waals surface area contributed by atoms with Gasteiger partial charge in [0.15, 0.2) is 11.5 Å². The lowest BCUT2D eigenvalue weighted by Crippen LogP contribution is -2.46. The fraction of sp³-hybridized carbons (Fsp3) is 0.235. The fourth-order valence-electron chi connectivity index (χ4n) is 2.97. The highest BCUT2D eigenvalue weighted by Crippen LogP contribution is 2.34. The van der Waals surface area contributed by atoms with Gasteiger partial charge >= 0.3 is 0 Å². The van der Waals surface area contributed by atoms with E-state index in [0.717, 1.165) is 23.4 Å². The standard InChI is InChI=1S/C17H16N2O3/c18-12-5-6-13-11(9-12)7-8-19(13)17(20)16-10-21-14-3-1-2-4-15(14)22-16/h1-6,9,16H,7-8,10,18H2. The third kappa shape index (κ3) is 2.06. The number of nitrogens with zero attached hydrogens (tertiary/aromatic N) is 1. The number of benzene rings is 2. The zero-order valence-electron chi connectivity index (χ0n) is 12.0. The molecule has 2 aliphatic rings. The number of para-hydroxylation sites is 2. The lowest BCUT2D eigenvalue weighted by molar-refractivity contribution is -0.127. The van der Waals surface area contributed by atoms with Gasteiger partial charge in [0.1, 0.15) is 6.61 Å². The first kappa shape index (κ1) is 13.0. The molecule has 5 nitrogen and oxygen atoms in total. The van der Waals surface area contributed by atoms with E-state index in [1.165, 1.54) is 0 Å². The van der Waals surface area contributed by atoms with E-state index >= 15 is 0 Å². The third-order valence-electron chi connectivity index (χ3n) is 4.05. The highest BCUT2D eigenvalue weighted by Gasteiger charge is 2.34. The van der Waals surface area contributed by atoms with E-state index in [1.807, 2.05) is 42.5 Å². The molecule has 1 atom stereocenters. The van der Waals surface area contributed by atoms with Gasteiger partial charge in [0.25, 0.3) is 5.91 Å². The van der Waals surface area contributed by atoms with Crippen molar-refractivity contribution in [3.8, 4) is 11.5 Å². The Morgan fingerprint density at radius 2 is 2.00 bits per heavy atom. The molecule has 0 radical (unpaired) electrons. The number of nitrogens with two attached hydrogens (primary N) is 1. The molecule has 0 saturated heterocycles. The first-order chi connectivity index (χ1) is 10.7. The highest BCUT2D eigenvalue weighted by molar-refractivity contribution is 5.99. The molecular weight excluding hydrogens is 280 g/mol. The third-order valence-corrected chi connectivity index (χ3v) is 4.05.